The Labute approximate surface area is 253 Å². The van der Waals surface area contributed by atoms with Gasteiger partial charge < -0.3 is 34.3 Å². The van der Waals surface area contributed by atoms with Crippen molar-refractivity contribution in [2.45, 2.75) is 25.8 Å². The number of carbonyl (C=O) groups is 1. The number of ether oxygens (including phenoxy) is 5. The summed E-state index contributed by atoms with van der Waals surface area (Å²) in [5.74, 6) is 2.04. The fraction of sp³-hybridized carbons (Fsp3) is 0.281. The van der Waals surface area contributed by atoms with Crippen molar-refractivity contribution >= 4 is 34.0 Å². The van der Waals surface area contributed by atoms with Crippen molar-refractivity contribution in [1.29, 1.82) is 0 Å². The lowest BCUT2D eigenvalue weighted by atomic mass is 10.1. The zero-order chi connectivity index (χ0) is 30.8. The molecule has 0 saturated carbocycles. The molecular formula is C32H32FN5O6. The van der Waals surface area contributed by atoms with Crippen LogP contribution in [0.15, 0.2) is 60.7 Å². The lowest BCUT2D eigenvalue weighted by Gasteiger charge is -2.17. The van der Waals surface area contributed by atoms with Crippen LogP contribution in [0.4, 0.5) is 21.6 Å². The number of nitrogens with zero attached hydrogens (tertiary/aromatic N) is 3. The molecule has 0 aliphatic carbocycles. The molecule has 228 valence electrons. The van der Waals surface area contributed by atoms with Crippen LogP contribution < -0.4 is 34.3 Å². The first-order chi connectivity index (χ1) is 21.3. The summed E-state index contributed by atoms with van der Waals surface area (Å²) in [5, 5.41) is 6.53. The fourth-order valence-corrected chi connectivity index (χ4v) is 5.26. The minimum Gasteiger partial charge on any atom is -0.494 e. The number of anilines is 3. The summed E-state index contributed by atoms with van der Waals surface area (Å²) in [6, 6.07) is 12.2. The van der Waals surface area contributed by atoms with Crippen LogP contribution in [0.2, 0.25) is 0 Å². The molecule has 3 aromatic carbocycles. The summed E-state index contributed by atoms with van der Waals surface area (Å²) in [5.41, 5.74) is 2.29. The molecule has 1 saturated heterocycles. The van der Waals surface area contributed by atoms with Gasteiger partial charge in [0.05, 0.1) is 31.1 Å². The number of hydrogen-bond donors (Lipinski definition) is 2. The summed E-state index contributed by atoms with van der Waals surface area (Å²) >= 11 is 0. The second kappa shape index (κ2) is 12.3. The molecule has 12 heteroatoms. The third-order valence-corrected chi connectivity index (χ3v) is 7.66. The second-order valence-corrected chi connectivity index (χ2v) is 10.5. The van der Waals surface area contributed by atoms with Crippen molar-refractivity contribution in [1.82, 2.24) is 14.9 Å². The highest BCUT2D eigenvalue weighted by molar-refractivity contribution is 6.05. The Morgan fingerprint density at radius 3 is 2.59 bits per heavy atom. The van der Waals surface area contributed by atoms with Crippen LogP contribution in [0.5, 0.6) is 34.5 Å². The first kappa shape index (κ1) is 29.0. The van der Waals surface area contributed by atoms with E-state index in [1.807, 2.05) is 24.9 Å². The van der Waals surface area contributed by atoms with Gasteiger partial charge in [-0.15, -0.1) is 0 Å². The number of aryl methyl sites for hydroxylation is 1. The lowest BCUT2D eigenvalue weighted by Crippen LogP contribution is -2.24. The SMILES string of the molecule is COc1cc2ncnc(Nc3cc(C)c(Oc4ccc5c(c4)OCO5)cc3OC)c2cc1NC(=O)/C(F)=C/C1CCCN1C. The molecule has 2 N–H and O–H groups in total. The van der Waals surface area contributed by atoms with E-state index in [-0.39, 0.29) is 18.5 Å². The molecule has 0 bridgehead atoms. The number of hydrogen-bond acceptors (Lipinski definition) is 10. The highest BCUT2D eigenvalue weighted by Crippen LogP contribution is 2.41. The highest BCUT2D eigenvalue weighted by atomic mass is 19.1. The molecule has 1 unspecified atom stereocenters. The minimum atomic E-state index is -0.857. The lowest BCUT2D eigenvalue weighted by molar-refractivity contribution is -0.114. The predicted octanol–water partition coefficient (Wildman–Crippen LogP) is 6.11. The standard InChI is InChI=1S/C32H32FN5O6/c1-18-10-24(29(41-4)15-27(18)44-20-7-8-26-30(12-20)43-17-42-26)36-31-21-13-25(28(40-3)14-23(21)34-16-35-31)37-32(39)22(33)11-19-6-5-9-38(19)2/h7-8,10-16,19H,5-6,9,17H2,1-4H3,(H,37,39)(H,34,35,36)/b22-11-. The maximum Gasteiger partial charge on any atom is 0.284 e. The van der Waals surface area contributed by atoms with Gasteiger partial charge in [0.1, 0.15) is 35.1 Å². The summed E-state index contributed by atoms with van der Waals surface area (Å²) in [6.07, 6.45) is 4.54. The molecule has 44 heavy (non-hydrogen) atoms. The number of benzene rings is 3. The van der Waals surface area contributed by atoms with E-state index < -0.39 is 11.7 Å². The molecule has 1 amide bonds. The summed E-state index contributed by atoms with van der Waals surface area (Å²) < 4.78 is 43.0. The van der Waals surface area contributed by atoms with E-state index in [9.17, 15) is 9.18 Å². The van der Waals surface area contributed by atoms with Gasteiger partial charge in [-0.2, -0.15) is 0 Å². The first-order valence-electron chi connectivity index (χ1n) is 14.1. The number of aromatic nitrogens is 2. The van der Waals surface area contributed by atoms with E-state index in [4.69, 9.17) is 23.7 Å². The number of nitrogens with one attached hydrogen (secondary N) is 2. The average molecular weight is 602 g/mol. The van der Waals surface area contributed by atoms with Crippen molar-refractivity contribution in [2.75, 3.05) is 45.2 Å². The zero-order valence-electron chi connectivity index (χ0n) is 24.8. The number of likely N-dealkylation sites (tertiary alicyclic amines) is 1. The number of amides is 1. The van der Waals surface area contributed by atoms with E-state index in [0.29, 0.717) is 56.9 Å². The Morgan fingerprint density at radius 2 is 1.82 bits per heavy atom. The van der Waals surface area contributed by atoms with Gasteiger partial charge in [-0.25, -0.2) is 14.4 Å². The van der Waals surface area contributed by atoms with Crippen LogP contribution in [-0.2, 0) is 4.79 Å². The smallest absolute Gasteiger partial charge is 0.284 e. The van der Waals surface area contributed by atoms with Gasteiger partial charge in [0, 0.05) is 29.6 Å². The molecule has 11 nitrogen and oxygen atoms in total. The van der Waals surface area contributed by atoms with Crippen LogP contribution in [0, 0.1) is 6.92 Å². The quantitative estimate of drug-likeness (QED) is 0.218. The maximum absolute atomic E-state index is 14.9. The van der Waals surface area contributed by atoms with Crippen LogP contribution >= 0.6 is 0 Å². The van der Waals surface area contributed by atoms with Crippen LogP contribution in [0.1, 0.15) is 18.4 Å². The van der Waals surface area contributed by atoms with Gasteiger partial charge >= 0.3 is 0 Å². The van der Waals surface area contributed by atoms with Gasteiger partial charge in [0.25, 0.3) is 5.91 Å². The number of likely N-dealkylation sites (N-methyl/N-ethyl adjacent to an activating group) is 1. The Balaban J connectivity index is 1.27. The Kier molecular flexibility index (Phi) is 8.07. The Hall–Kier alpha value is -5.10. The average Bonchev–Trinajstić information content (AvgIpc) is 3.66. The van der Waals surface area contributed by atoms with Crippen LogP contribution in [0.25, 0.3) is 10.9 Å². The third-order valence-electron chi connectivity index (χ3n) is 7.66. The fourth-order valence-electron chi connectivity index (χ4n) is 5.26. The van der Waals surface area contributed by atoms with E-state index in [0.717, 1.165) is 24.9 Å². The van der Waals surface area contributed by atoms with E-state index in [1.165, 1.54) is 19.5 Å². The zero-order valence-corrected chi connectivity index (χ0v) is 24.8. The Bertz CT molecular complexity index is 1760. The van der Waals surface area contributed by atoms with Crippen molar-refractivity contribution in [3.63, 3.8) is 0 Å². The molecule has 2 aliphatic heterocycles. The third kappa shape index (κ3) is 5.88. The maximum atomic E-state index is 14.9. The van der Waals surface area contributed by atoms with Crippen molar-refractivity contribution < 1.29 is 32.9 Å². The van der Waals surface area contributed by atoms with Crippen molar-refractivity contribution in [3.05, 3.63) is 66.3 Å². The molecule has 1 aromatic heterocycles. The highest BCUT2D eigenvalue weighted by Gasteiger charge is 2.23. The van der Waals surface area contributed by atoms with Gasteiger partial charge in [-0.3, -0.25) is 9.69 Å². The first-order valence-corrected chi connectivity index (χ1v) is 14.1. The number of methoxy groups -OCH3 is 2. The van der Waals surface area contributed by atoms with E-state index in [2.05, 4.69) is 20.6 Å². The summed E-state index contributed by atoms with van der Waals surface area (Å²) in [7, 11) is 4.94. The number of carbonyl (C=O) groups excluding carboxylic acids is 1. The van der Waals surface area contributed by atoms with Crippen LogP contribution in [-0.4, -0.2) is 61.4 Å². The van der Waals surface area contributed by atoms with Gasteiger partial charge in [-0.05, 0) is 69.3 Å². The number of rotatable bonds is 9. The molecule has 1 fully saturated rings. The van der Waals surface area contributed by atoms with Gasteiger partial charge in [-0.1, -0.05) is 0 Å². The predicted molar refractivity (Wildman–Crippen MR) is 163 cm³/mol. The Morgan fingerprint density at radius 1 is 1.02 bits per heavy atom. The molecule has 1 atom stereocenters. The number of halogens is 1. The molecule has 6 rings (SSSR count). The summed E-state index contributed by atoms with van der Waals surface area (Å²) in [4.78, 5) is 23.6. The molecule has 2 aliphatic rings. The van der Waals surface area contributed by atoms with Gasteiger partial charge in [0.15, 0.2) is 17.3 Å². The summed E-state index contributed by atoms with van der Waals surface area (Å²) in [6.45, 7) is 2.95. The molecule has 3 heterocycles. The van der Waals surface area contributed by atoms with E-state index in [1.54, 1.807) is 43.5 Å². The second-order valence-electron chi connectivity index (χ2n) is 10.5. The normalized spacial score (nSPS) is 16.2. The molecule has 4 aromatic rings. The monoisotopic (exact) mass is 601 g/mol. The largest absolute Gasteiger partial charge is 0.494 e. The molecular weight excluding hydrogens is 569 g/mol. The topological polar surface area (TPSA) is 116 Å². The van der Waals surface area contributed by atoms with E-state index >= 15 is 0 Å². The van der Waals surface area contributed by atoms with Crippen molar-refractivity contribution in [3.8, 4) is 34.5 Å². The minimum absolute atomic E-state index is 0.115. The van der Waals surface area contributed by atoms with Gasteiger partial charge in [0.2, 0.25) is 6.79 Å². The van der Waals surface area contributed by atoms with Crippen LogP contribution in [0.3, 0.4) is 0 Å². The number of fused-ring (bicyclic) bond motifs is 2. The van der Waals surface area contributed by atoms with Crippen molar-refractivity contribution in [2.24, 2.45) is 0 Å². The molecule has 0 radical (unpaired) electrons. The molecule has 0 spiro atoms.